The van der Waals surface area contributed by atoms with Crippen LogP contribution in [0.5, 0.6) is 0 Å². The fraction of sp³-hybridized carbons (Fsp3) is 0.938. The zero-order valence-corrected chi connectivity index (χ0v) is 12.8. The van der Waals surface area contributed by atoms with E-state index >= 15 is 0 Å². The number of hydrogen-bond acceptors (Lipinski definition) is 3. The second-order valence-electron chi connectivity index (χ2n) is 5.83. The first-order chi connectivity index (χ1) is 9.25. The number of unbranched alkanes of at least 4 members (excludes halogenated alkanes) is 4. The largest absolute Gasteiger partial charge is 0.465 e. The van der Waals surface area contributed by atoms with Gasteiger partial charge in [-0.3, -0.25) is 4.79 Å². The number of carbonyl (C=O) groups is 1. The molecule has 1 rings (SSSR count). The van der Waals surface area contributed by atoms with Crippen LogP contribution < -0.4 is 5.32 Å². The smallest absolute Gasteiger partial charge is 0.312 e. The van der Waals surface area contributed by atoms with E-state index in [1.165, 1.54) is 25.7 Å². The average Bonchev–Trinajstić information content (AvgIpc) is 2.44. The summed E-state index contributed by atoms with van der Waals surface area (Å²) in [5.74, 6) is 0.0614. The van der Waals surface area contributed by atoms with E-state index in [0.717, 1.165) is 45.2 Å². The van der Waals surface area contributed by atoms with Crippen molar-refractivity contribution >= 4 is 5.97 Å². The zero-order chi connectivity index (χ0) is 14.0. The molecule has 0 aromatic rings. The van der Waals surface area contributed by atoms with Gasteiger partial charge in [-0.25, -0.2) is 0 Å². The van der Waals surface area contributed by atoms with Crippen molar-refractivity contribution in [3.05, 3.63) is 0 Å². The van der Waals surface area contributed by atoms with Crippen molar-refractivity contribution in [1.29, 1.82) is 0 Å². The molecule has 1 aliphatic heterocycles. The van der Waals surface area contributed by atoms with Crippen molar-refractivity contribution in [3.63, 3.8) is 0 Å². The summed E-state index contributed by atoms with van der Waals surface area (Å²) in [5.41, 5.74) is -0.191. The number of hydrogen-bond donors (Lipinski definition) is 1. The topological polar surface area (TPSA) is 38.3 Å². The van der Waals surface area contributed by atoms with E-state index in [1.807, 2.05) is 0 Å². The van der Waals surface area contributed by atoms with Gasteiger partial charge in [-0.15, -0.1) is 0 Å². The Morgan fingerprint density at radius 1 is 1.05 bits per heavy atom. The second kappa shape index (κ2) is 9.35. The second-order valence-corrected chi connectivity index (χ2v) is 5.83. The molecule has 3 heteroatoms. The molecule has 3 nitrogen and oxygen atoms in total. The average molecular weight is 269 g/mol. The number of nitrogens with one attached hydrogen (secondary N) is 1. The zero-order valence-electron chi connectivity index (χ0n) is 12.8. The van der Waals surface area contributed by atoms with Crippen LogP contribution >= 0.6 is 0 Å². The van der Waals surface area contributed by atoms with E-state index in [9.17, 15) is 4.79 Å². The van der Waals surface area contributed by atoms with Crippen LogP contribution in [0.15, 0.2) is 0 Å². The lowest BCUT2D eigenvalue weighted by molar-refractivity contribution is -0.158. The highest BCUT2D eigenvalue weighted by Gasteiger charge is 2.39. The Balaban J connectivity index is 2.28. The van der Waals surface area contributed by atoms with Crippen molar-refractivity contribution in [2.75, 3.05) is 19.7 Å². The number of piperidine rings is 1. The maximum Gasteiger partial charge on any atom is 0.312 e. The molecule has 1 saturated heterocycles. The molecule has 0 radical (unpaired) electrons. The number of esters is 1. The van der Waals surface area contributed by atoms with E-state index in [4.69, 9.17) is 4.74 Å². The van der Waals surface area contributed by atoms with E-state index in [2.05, 4.69) is 19.2 Å². The van der Waals surface area contributed by atoms with Gasteiger partial charge in [-0.1, -0.05) is 46.0 Å². The molecule has 0 aromatic heterocycles. The van der Waals surface area contributed by atoms with Gasteiger partial charge in [-0.2, -0.15) is 0 Å². The third-order valence-electron chi connectivity index (χ3n) is 4.20. The van der Waals surface area contributed by atoms with Crippen molar-refractivity contribution in [1.82, 2.24) is 5.32 Å². The first-order valence-electron chi connectivity index (χ1n) is 8.13. The van der Waals surface area contributed by atoms with E-state index < -0.39 is 0 Å². The molecule has 1 heterocycles. The minimum absolute atomic E-state index is 0.0614. The first-order valence-corrected chi connectivity index (χ1v) is 8.13. The van der Waals surface area contributed by atoms with Crippen molar-refractivity contribution in [2.24, 2.45) is 5.41 Å². The Bertz CT molecular complexity index is 242. The van der Waals surface area contributed by atoms with Gasteiger partial charge in [-0.05, 0) is 38.8 Å². The lowest BCUT2D eigenvalue weighted by Crippen LogP contribution is -2.43. The van der Waals surface area contributed by atoms with Crippen LogP contribution in [-0.2, 0) is 9.53 Å². The minimum Gasteiger partial charge on any atom is -0.465 e. The molecule has 0 aromatic carbocycles. The Hall–Kier alpha value is -0.570. The van der Waals surface area contributed by atoms with Gasteiger partial charge in [0.15, 0.2) is 0 Å². The van der Waals surface area contributed by atoms with E-state index in [1.54, 1.807) is 0 Å². The molecule has 0 aliphatic carbocycles. The number of carbonyl (C=O) groups excluding carboxylic acids is 1. The summed E-state index contributed by atoms with van der Waals surface area (Å²) < 4.78 is 5.55. The highest BCUT2D eigenvalue weighted by Crippen LogP contribution is 2.35. The van der Waals surface area contributed by atoms with Gasteiger partial charge in [0, 0.05) is 0 Å². The number of rotatable bonds is 9. The summed E-state index contributed by atoms with van der Waals surface area (Å²) in [7, 11) is 0. The van der Waals surface area contributed by atoms with Gasteiger partial charge in [0.05, 0.1) is 12.0 Å². The highest BCUT2D eigenvalue weighted by molar-refractivity contribution is 5.77. The van der Waals surface area contributed by atoms with Crippen LogP contribution in [-0.4, -0.2) is 25.7 Å². The lowest BCUT2D eigenvalue weighted by atomic mass is 9.75. The van der Waals surface area contributed by atoms with Crippen LogP contribution in [0.2, 0.25) is 0 Å². The summed E-state index contributed by atoms with van der Waals surface area (Å²) in [6, 6.07) is 0. The summed E-state index contributed by atoms with van der Waals surface area (Å²) >= 11 is 0. The predicted octanol–water partition coefficient (Wildman–Crippen LogP) is 3.67. The molecule has 1 fully saturated rings. The van der Waals surface area contributed by atoms with Crippen LogP contribution in [0.25, 0.3) is 0 Å². The molecule has 1 N–H and O–H groups in total. The van der Waals surface area contributed by atoms with Gasteiger partial charge in [0.1, 0.15) is 0 Å². The molecular weight excluding hydrogens is 238 g/mol. The van der Waals surface area contributed by atoms with Gasteiger partial charge in [0.2, 0.25) is 0 Å². The number of ether oxygens (including phenoxy) is 1. The molecule has 0 unspecified atom stereocenters. The molecule has 0 amide bonds. The third-order valence-corrected chi connectivity index (χ3v) is 4.20. The van der Waals surface area contributed by atoms with E-state index in [-0.39, 0.29) is 11.4 Å². The predicted molar refractivity (Wildman–Crippen MR) is 79.2 cm³/mol. The van der Waals surface area contributed by atoms with Crippen LogP contribution in [0.3, 0.4) is 0 Å². The van der Waals surface area contributed by atoms with Gasteiger partial charge < -0.3 is 10.1 Å². The Labute approximate surface area is 118 Å². The molecule has 112 valence electrons. The SMILES string of the molecule is CCCCCCCOC(=O)C1(CCC)CCNCC1. The standard InChI is InChI=1S/C16H31NO2/c1-3-5-6-7-8-14-19-15(18)16(9-4-2)10-12-17-13-11-16/h17H,3-14H2,1-2H3. The Morgan fingerprint density at radius 2 is 1.74 bits per heavy atom. The van der Waals surface area contributed by atoms with Crippen molar-refractivity contribution < 1.29 is 9.53 Å². The van der Waals surface area contributed by atoms with Crippen LogP contribution in [0, 0.1) is 5.41 Å². The Kier molecular flexibility index (Phi) is 8.11. The van der Waals surface area contributed by atoms with Crippen molar-refractivity contribution in [2.45, 2.75) is 71.6 Å². The van der Waals surface area contributed by atoms with Gasteiger partial charge >= 0.3 is 5.97 Å². The van der Waals surface area contributed by atoms with Crippen LogP contribution in [0.1, 0.15) is 71.6 Å². The fourth-order valence-corrected chi connectivity index (χ4v) is 2.96. The summed E-state index contributed by atoms with van der Waals surface area (Å²) in [6.07, 6.45) is 9.93. The Morgan fingerprint density at radius 3 is 2.37 bits per heavy atom. The minimum atomic E-state index is -0.191. The quantitative estimate of drug-likeness (QED) is 0.512. The summed E-state index contributed by atoms with van der Waals surface area (Å²) in [4.78, 5) is 12.3. The third kappa shape index (κ3) is 5.52. The summed E-state index contributed by atoms with van der Waals surface area (Å²) in [6.45, 7) is 6.88. The van der Waals surface area contributed by atoms with Gasteiger partial charge in [0.25, 0.3) is 0 Å². The highest BCUT2D eigenvalue weighted by atomic mass is 16.5. The fourth-order valence-electron chi connectivity index (χ4n) is 2.96. The maximum atomic E-state index is 12.3. The normalized spacial score (nSPS) is 18.2. The monoisotopic (exact) mass is 269 g/mol. The molecule has 1 aliphatic rings. The first kappa shape index (κ1) is 16.5. The maximum absolute atomic E-state index is 12.3. The molecule has 0 bridgehead atoms. The molecule has 19 heavy (non-hydrogen) atoms. The van der Waals surface area contributed by atoms with E-state index in [0.29, 0.717) is 6.61 Å². The molecular formula is C16H31NO2. The van der Waals surface area contributed by atoms with Crippen molar-refractivity contribution in [3.8, 4) is 0 Å². The van der Waals surface area contributed by atoms with Crippen LogP contribution in [0.4, 0.5) is 0 Å². The lowest BCUT2D eigenvalue weighted by Gasteiger charge is -2.35. The molecule has 0 atom stereocenters. The molecule has 0 saturated carbocycles. The molecule has 0 spiro atoms. The summed E-state index contributed by atoms with van der Waals surface area (Å²) in [5, 5.41) is 3.34.